The smallest absolute Gasteiger partial charge is 0.241 e. The van der Waals surface area contributed by atoms with Crippen LogP contribution in [0.4, 0.5) is 5.69 Å². The van der Waals surface area contributed by atoms with Gasteiger partial charge in [0, 0.05) is 37.6 Å². The summed E-state index contributed by atoms with van der Waals surface area (Å²) in [6.07, 6.45) is 2.91. The molecule has 1 aliphatic rings. The van der Waals surface area contributed by atoms with Crippen molar-refractivity contribution in [2.75, 3.05) is 31.6 Å². The van der Waals surface area contributed by atoms with Crippen molar-refractivity contribution in [1.29, 1.82) is 0 Å². The predicted molar refractivity (Wildman–Crippen MR) is 94.2 cm³/mol. The molecule has 0 radical (unpaired) electrons. The largest absolute Gasteiger partial charge is 0.497 e. The van der Waals surface area contributed by atoms with Crippen LogP contribution in [0, 0.1) is 0 Å². The van der Waals surface area contributed by atoms with Crippen LogP contribution in [0.3, 0.4) is 0 Å². The molecule has 24 heavy (non-hydrogen) atoms. The van der Waals surface area contributed by atoms with Gasteiger partial charge in [-0.3, -0.25) is 14.7 Å². The molecule has 1 fully saturated rings. The van der Waals surface area contributed by atoms with Crippen LogP contribution in [0.5, 0.6) is 5.75 Å². The van der Waals surface area contributed by atoms with Gasteiger partial charge in [-0.15, -0.1) is 0 Å². The van der Waals surface area contributed by atoms with E-state index in [-0.39, 0.29) is 5.91 Å². The van der Waals surface area contributed by atoms with E-state index in [0.717, 1.165) is 30.1 Å². The van der Waals surface area contributed by atoms with Crippen LogP contribution in [-0.2, 0) is 17.8 Å². The lowest BCUT2D eigenvalue weighted by atomic mass is 10.2. The molecule has 0 saturated carbocycles. The number of piperazine rings is 1. The van der Waals surface area contributed by atoms with Gasteiger partial charge in [0.25, 0.3) is 0 Å². The van der Waals surface area contributed by atoms with E-state index in [1.165, 1.54) is 5.56 Å². The molecule has 2 aromatic rings. The summed E-state index contributed by atoms with van der Waals surface area (Å²) < 4.78 is 5.24. The minimum Gasteiger partial charge on any atom is -0.497 e. The Bertz CT molecular complexity index is 700. The predicted octanol–water partition coefficient (Wildman–Crippen LogP) is 2.50. The van der Waals surface area contributed by atoms with E-state index >= 15 is 0 Å². The second kappa shape index (κ2) is 7.45. The van der Waals surface area contributed by atoms with Gasteiger partial charge in [-0.25, -0.2) is 0 Å². The van der Waals surface area contributed by atoms with Crippen LogP contribution >= 0.6 is 0 Å². The highest BCUT2D eigenvalue weighted by Gasteiger charge is 2.25. The summed E-state index contributed by atoms with van der Waals surface area (Å²) >= 11 is 0. The van der Waals surface area contributed by atoms with Gasteiger partial charge in [0.1, 0.15) is 5.75 Å². The van der Waals surface area contributed by atoms with Crippen molar-refractivity contribution < 1.29 is 9.53 Å². The first-order valence-electron chi connectivity index (χ1n) is 8.30. The molecular formula is C19H23N3O2. The quantitative estimate of drug-likeness (QED) is 0.847. The van der Waals surface area contributed by atoms with E-state index in [0.29, 0.717) is 19.6 Å². The second-order valence-corrected chi connectivity index (χ2v) is 5.97. The third kappa shape index (κ3) is 3.74. The first-order valence-corrected chi connectivity index (χ1v) is 8.30. The van der Waals surface area contributed by atoms with Gasteiger partial charge in [-0.1, -0.05) is 19.1 Å². The molecule has 1 amide bonds. The number of ether oxygens (including phenoxy) is 1. The van der Waals surface area contributed by atoms with E-state index in [9.17, 15) is 4.79 Å². The van der Waals surface area contributed by atoms with Gasteiger partial charge < -0.3 is 9.64 Å². The normalized spacial score (nSPS) is 15.6. The van der Waals surface area contributed by atoms with E-state index in [1.54, 1.807) is 7.11 Å². The number of rotatable bonds is 5. The molecular weight excluding hydrogens is 302 g/mol. The lowest BCUT2D eigenvalue weighted by Crippen LogP contribution is -2.50. The Hall–Kier alpha value is -2.40. The third-order valence-electron chi connectivity index (χ3n) is 4.34. The van der Waals surface area contributed by atoms with E-state index in [1.807, 2.05) is 35.4 Å². The van der Waals surface area contributed by atoms with Crippen molar-refractivity contribution in [3.05, 3.63) is 53.9 Å². The zero-order valence-corrected chi connectivity index (χ0v) is 14.2. The van der Waals surface area contributed by atoms with Crippen LogP contribution in [0.1, 0.15) is 18.2 Å². The second-order valence-electron chi connectivity index (χ2n) is 5.97. The molecule has 5 nitrogen and oxygen atoms in total. The van der Waals surface area contributed by atoms with E-state index in [2.05, 4.69) is 28.9 Å². The highest BCUT2D eigenvalue weighted by Crippen LogP contribution is 2.23. The molecule has 2 heterocycles. The van der Waals surface area contributed by atoms with Crippen LogP contribution in [0.2, 0.25) is 0 Å². The first-order chi connectivity index (χ1) is 11.7. The van der Waals surface area contributed by atoms with Crippen LogP contribution in [0.15, 0.2) is 42.6 Å². The van der Waals surface area contributed by atoms with Gasteiger partial charge in [-0.2, -0.15) is 0 Å². The Morgan fingerprint density at radius 1 is 1.21 bits per heavy atom. The number of nitrogens with zero attached hydrogens (tertiary/aromatic N) is 3. The molecule has 5 heteroatoms. The van der Waals surface area contributed by atoms with Gasteiger partial charge in [0.05, 0.1) is 19.3 Å². The SMILES string of the molecule is CCc1ccc(CN2CCN(c3cccc(OC)c3)C(=O)C2)nc1. The average molecular weight is 325 g/mol. The van der Waals surface area contributed by atoms with Crippen molar-refractivity contribution in [3.63, 3.8) is 0 Å². The van der Waals surface area contributed by atoms with E-state index in [4.69, 9.17) is 4.74 Å². The van der Waals surface area contributed by atoms with Crippen molar-refractivity contribution in [1.82, 2.24) is 9.88 Å². The molecule has 0 unspecified atom stereocenters. The summed E-state index contributed by atoms with van der Waals surface area (Å²) in [6.45, 7) is 4.75. The van der Waals surface area contributed by atoms with Crippen LogP contribution in [0.25, 0.3) is 0 Å². The Morgan fingerprint density at radius 2 is 2.08 bits per heavy atom. The highest BCUT2D eigenvalue weighted by molar-refractivity contribution is 5.95. The molecule has 0 N–H and O–H groups in total. The maximum Gasteiger partial charge on any atom is 0.241 e. The number of amides is 1. The molecule has 0 aliphatic carbocycles. The molecule has 1 aromatic heterocycles. The Balaban J connectivity index is 1.63. The summed E-state index contributed by atoms with van der Waals surface area (Å²) in [5.41, 5.74) is 3.14. The Morgan fingerprint density at radius 3 is 2.75 bits per heavy atom. The number of hydrogen-bond acceptors (Lipinski definition) is 4. The molecule has 1 aromatic carbocycles. The van der Waals surface area contributed by atoms with Gasteiger partial charge in [0.15, 0.2) is 0 Å². The van der Waals surface area contributed by atoms with Crippen molar-refractivity contribution in [2.45, 2.75) is 19.9 Å². The zero-order chi connectivity index (χ0) is 16.9. The monoisotopic (exact) mass is 325 g/mol. The maximum atomic E-state index is 12.5. The number of pyridine rings is 1. The summed E-state index contributed by atoms with van der Waals surface area (Å²) in [4.78, 5) is 21.0. The first kappa shape index (κ1) is 16.5. The van der Waals surface area contributed by atoms with Crippen molar-refractivity contribution >= 4 is 11.6 Å². The minimum atomic E-state index is 0.111. The zero-order valence-electron chi connectivity index (χ0n) is 14.2. The summed E-state index contributed by atoms with van der Waals surface area (Å²) in [6, 6.07) is 11.8. The number of carbonyl (C=O) groups is 1. The molecule has 0 atom stereocenters. The van der Waals surface area contributed by atoms with Gasteiger partial charge >= 0.3 is 0 Å². The fourth-order valence-corrected chi connectivity index (χ4v) is 2.90. The molecule has 1 saturated heterocycles. The molecule has 126 valence electrons. The van der Waals surface area contributed by atoms with E-state index < -0.39 is 0 Å². The lowest BCUT2D eigenvalue weighted by Gasteiger charge is -2.34. The topological polar surface area (TPSA) is 45.7 Å². The highest BCUT2D eigenvalue weighted by atomic mass is 16.5. The number of anilines is 1. The number of carbonyl (C=O) groups excluding carboxylic acids is 1. The summed E-state index contributed by atoms with van der Waals surface area (Å²) in [7, 11) is 1.63. The number of aryl methyl sites for hydroxylation is 1. The molecule has 0 bridgehead atoms. The number of benzene rings is 1. The minimum absolute atomic E-state index is 0.111. The Labute approximate surface area is 142 Å². The summed E-state index contributed by atoms with van der Waals surface area (Å²) in [5.74, 6) is 0.877. The molecule has 1 aliphatic heterocycles. The maximum absolute atomic E-state index is 12.5. The number of hydrogen-bond donors (Lipinski definition) is 0. The van der Waals surface area contributed by atoms with Gasteiger partial charge in [0.2, 0.25) is 5.91 Å². The molecule has 0 spiro atoms. The lowest BCUT2D eigenvalue weighted by molar-refractivity contribution is -0.121. The van der Waals surface area contributed by atoms with Crippen molar-refractivity contribution in [3.8, 4) is 5.75 Å². The van der Waals surface area contributed by atoms with Crippen LogP contribution < -0.4 is 9.64 Å². The average Bonchev–Trinajstić information content (AvgIpc) is 2.62. The fraction of sp³-hybridized carbons (Fsp3) is 0.368. The third-order valence-corrected chi connectivity index (χ3v) is 4.34. The number of aromatic nitrogens is 1. The number of methoxy groups -OCH3 is 1. The molecule has 3 rings (SSSR count). The van der Waals surface area contributed by atoms with Crippen LogP contribution in [-0.4, -0.2) is 42.5 Å². The Kier molecular flexibility index (Phi) is 5.11. The van der Waals surface area contributed by atoms with Gasteiger partial charge in [-0.05, 0) is 30.2 Å². The summed E-state index contributed by atoms with van der Waals surface area (Å²) in [5, 5.41) is 0. The van der Waals surface area contributed by atoms with Crippen molar-refractivity contribution in [2.24, 2.45) is 0 Å². The fourth-order valence-electron chi connectivity index (χ4n) is 2.90. The standard InChI is InChI=1S/C19H23N3O2/c1-3-15-7-8-16(20-12-15)13-21-9-10-22(19(23)14-21)17-5-4-6-18(11-17)24-2/h4-8,11-12H,3,9-10,13-14H2,1-2H3.